The minimum atomic E-state index is 0.0450. The van der Waals surface area contributed by atoms with E-state index >= 15 is 0 Å². The first-order valence-electron chi connectivity index (χ1n) is 12.7. The van der Waals surface area contributed by atoms with Gasteiger partial charge in [-0.25, -0.2) is 0 Å². The van der Waals surface area contributed by atoms with Gasteiger partial charge in [0.15, 0.2) is 0 Å². The lowest BCUT2D eigenvalue weighted by Crippen LogP contribution is -2.16. The van der Waals surface area contributed by atoms with Crippen molar-refractivity contribution in [1.82, 2.24) is 4.98 Å². The van der Waals surface area contributed by atoms with E-state index in [0.29, 0.717) is 0 Å². The van der Waals surface area contributed by atoms with E-state index in [1.807, 2.05) is 24.2 Å². The zero-order chi connectivity index (χ0) is 24.3. The van der Waals surface area contributed by atoms with Crippen molar-refractivity contribution in [2.45, 2.75) is 41.9 Å². The van der Waals surface area contributed by atoms with Gasteiger partial charge in [0.1, 0.15) is 0 Å². The monoisotopic (exact) mass is 481 g/mol. The van der Waals surface area contributed by atoms with E-state index in [4.69, 9.17) is 0 Å². The highest BCUT2D eigenvalue weighted by Gasteiger charge is 2.38. The van der Waals surface area contributed by atoms with Gasteiger partial charge in [0.25, 0.3) is 0 Å². The van der Waals surface area contributed by atoms with Crippen molar-refractivity contribution in [3.05, 3.63) is 120 Å². The number of aromatic nitrogens is 1. The Bertz CT molecular complexity index is 1670. The lowest BCUT2D eigenvalue weighted by atomic mass is 9.80. The fourth-order valence-corrected chi connectivity index (χ4v) is 7.50. The van der Waals surface area contributed by atoms with Crippen LogP contribution in [0.1, 0.15) is 37.8 Å². The summed E-state index contributed by atoms with van der Waals surface area (Å²) in [5, 5.41) is 5.05. The molecule has 2 aliphatic rings. The highest BCUT2D eigenvalue weighted by Crippen LogP contribution is 2.54. The van der Waals surface area contributed by atoms with Gasteiger partial charge < -0.3 is 0 Å². The summed E-state index contributed by atoms with van der Waals surface area (Å²) < 4.78 is 0. The van der Waals surface area contributed by atoms with Crippen molar-refractivity contribution in [2.24, 2.45) is 0 Å². The Hall–Kier alpha value is -3.62. The van der Waals surface area contributed by atoms with Gasteiger partial charge >= 0.3 is 0 Å². The molecule has 0 fully saturated rings. The molecule has 36 heavy (non-hydrogen) atoms. The van der Waals surface area contributed by atoms with E-state index in [9.17, 15) is 0 Å². The lowest BCUT2D eigenvalue weighted by Gasteiger charge is -2.24. The number of hydrogen-bond donors (Lipinski definition) is 0. The molecule has 4 aromatic carbocycles. The molecule has 0 saturated heterocycles. The van der Waals surface area contributed by atoms with E-state index < -0.39 is 0 Å². The predicted octanol–water partition coefficient (Wildman–Crippen LogP) is 9.60. The summed E-state index contributed by atoms with van der Waals surface area (Å²) in [6.07, 6.45) is 10.9. The Morgan fingerprint density at radius 1 is 0.750 bits per heavy atom. The molecule has 0 amide bonds. The quantitative estimate of drug-likeness (QED) is 0.238. The number of nitrogens with zero attached hydrogens (tertiary/aromatic N) is 1. The third-order valence-electron chi connectivity index (χ3n) is 7.90. The molecule has 0 spiro atoms. The van der Waals surface area contributed by atoms with E-state index in [1.54, 1.807) is 0 Å². The first-order valence-corrected chi connectivity index (χ1v) is 13.5. The van der Waals surface area contributed by atoms with Crippen LogP contribution < -0.4 is 0 Å². The molecule has 7 rings (SSSR count). The molecular weight excluding hydrogens is 454 g/mol. The van der Waals surface area contributed by atoms with Gasteiger partial charge in [-0.15, -0.1) is 0 Å². The largest absolute Gasteiger partial charge is 0.264 e. The zero-order valence-corrected chi connectivity index (χ0v) is 21.4. The van der Waals surface area contributed by atoms with Crippen LogP contribution in [0.5, 0.6) is 0 Å². The van der Waals surface area contributed by atoms with Gasteiger partial charge in [0, 0.05) is 33.0 Å². The molecule has 0 bridgehead atoms. The van der Waals surface area contributed by atoms with Crippen LogP contribution in [0.3, 0.4) is 0 Å². The topological polar surface area (TPSA) is 12.9 Å². The summed E-state index contributed by atoms with van der Waals surface area (Å²) in [6.45, 7) is 4.76. The van der Waals surface area contributed by atoms with Crippen molar-refractivity contribution in [2.75, 3.05) is 0 Å². The maximum absolute atomic E-state index is 4.56. The molecule has 0 N–H and O–H groups in total. The van der Waals surface area contributed by atoms with Crippen LogP contribution >= 0.6 is 11.8 Å². The van der Waals surface area contributed by atoms with E-state index in [2.05, 4.69) is 110 Å². The van der Waals surface area contributed by atoms with Crippen LogP contribution in [0, 0.1) is 0 Å². The maximum Gasteiger partial charge on any atom is 0.0353 e. The highest BCUT2D eigenvalue weighted by molar-refractivity contribution is 7.99. The number of benzene rings is 4. The fourth-order valence-electron chi connectivity index (χ4n) is 6.22. The molecule has 1 heterocycles. The third kappa shape index (κ3) is 3.14. The zero-order valence-electron chi connectivity index (χ0n) is 20.6. The molecule has 0 saturated carbocycles. The number of hydrogen-bond acceptors (Lipinski definition) is 2. The molecule has 0 atom stereocenters. The first-order chi connectivity index (χ1) is 17.6. The standard InChI is InChI=1S/C34H27NS/c1-34(2)28-16-9-8-15-26(28)32-29(34)17-10-18-30(32)36-33-24-14-7-6-13-23(24)31(22-11-4-3-5-12-22)27-21-35-20-19-25(27)33/h3-7,9-14,16-21H,8,15H2,1-2H3. The van der Waals surface area contributed by atoms with Crippen molar-refractivity contribution in [3.63, 3.8) is 0 Å². The van der Waals surface area contributed by atoms with Crippen LogP contribution in [0.4, 0.5) is 0 Å². The predicted molar refractivity (Wildman–Crippen MR) is 154 cm³/mol. The third-order valence-corrected chi connectivity index (χ3v) is 9.10. The molecule has 0 unspecified atom stereocenters. The summed E-state index contributed by atoms with van der Waals surface area (Å²) in [6, 6.07) is 28.7. The van der Waals surface area contributed by atoms with Crippen molar-refractivity contribution < 1.29 is 0 Å². The molecular formula is C34H27NS. The second-order valence-electron chi connectivity index (χ2n) is 10.3. The number of pyridine rings is 1. The van der Waals surface area contributed by atoms with Crippen LogP contribution in [-0.4, -0.2) is 4.98 Å². The molecule has 1 aromatic heterocycles. The number of rotatable bonds is 3. The van der Waals surface area contributed by atoms with E-state index in [-0.39, 0.29) is 5.41 Å². The first kappa shape index (κ1) is 21.6. The smallest absolute Gasteiger partial charge is 0.0353 e. The molecule has 1 nitrogen and oxygen atoms in total. The Labute approximate surface area is 216 Å². The van der Waals surface area contributed by atoms with Crippen molar-refractivity contribution in [3.8, 4) is 11.1 Å². The van der Waals surface area contributed by atoms with Crippen molar-refractivity contribution in [1.29, 1.82) is 0 Å². The summed E-state index contributed by atoms with van der Waals surface area (Å²) in [7, 11) is 0. The average molecular weight is 482 g/mol. The van der Waals surface area contributed by atoms with Crippen LogP contribution in [0.25, 0.3) is 38.2 Å². The minimum Gasteiger partial charge on any atom is -0.264 e. The molecule has 5 aromatic rings. The molecule has 174 valence electrons. The van der Waals surface area contributed by atoms with Crippen LogP contribution in [0.15, 0.2) is 119 Å². The van der Waals surface area contributed by atoms with Crippen LogP contribution in [0.2, 0.25) is 0 Å². The molecule has 2 heteroatoms. The maximum atomic E-state index is 4.56. The second-order valence-corrected chi connectivity index (χ2v) is 11.3. The second kappa shape index (κ2) is 8.21. The average Bonchev–Trinajstić information content (AvgIpc) is 3.16. The molecule has 0 radical (unpaired) electrons. The van der Waals surface area contributed by atoms with Gasteiger partial charge in [-0.1, -0.05) is 104 Å². The SMILES string of the molecule is CC1(C)C2=C(CCC=C2)c2c(Sc3c4ccccc4c(-c4ccccc4)c4cnccc34)cccc21. The van der Waals surface area contributed by atoms with Gasteiger partial charge in [0.05, 0.1) is 0 Å². The fraction of sp³-hybridized carbons (Fsp3) is 0.147. The molecule has 2 aliphatic carbocycles. The van der Waals surface area contributed by atoms with E-state index in [0.717, 1.165) is 12.8 Å². The number of allylic oxidation sites excluding steroid dienone is 4. The summed E-state index contributed by atoms with van der Waals surface area (Å²) in [5.74, 6) is 0. The molecule has 0 aliphatic heterocycles. The summed E-state index contributed by atoms with van der Waals surface area (Å²) >= 11 is 1.93. The Balaban J connectivity index is 1.51. The minimum absolute atomic E-state index is 0.0450. The number of fused-ring (bicyclic) bond motifs is 4. The van der Waals surface area contributed by atoms with Gasteiger partial charge in [-0.05, 0) is 74.5 Å². The Morgan fingerprint density at radius 2 is 1.53 bits per heavy atom. The Morgan fingerprint density at radius 3 is 2.39 bits per heavy atom. The highest BCUT2D eigenvalue weighted by atomic mass is 32.2. The lowest BCUT2D eigenvalue weighted by molar-refractivity contribution is 0.650. The van der Waals surface area contributed by atoms with Gasteiger partial charge in [-0.2, -0.15) is 0 Å². The Kier molecular flexibility index (Phi) is 4.94. The van der Waals surface area contributed by atoms with Gasteiger partial charge in [-0.3, -0.25) is 4.98 Å². The summed E-state index contributed by atoms with van der Waals surface area (Å²) in [5.41, 5.74) is 8.50. The van der Waals surface area contributed by atoms with E-state index in [1.165, 1.54) is 64.7 Å². The normalized spacial score (nSPS) is 15.9. The van der Waals surface area contributed by atoms with Gasteiger partial charge in [0.2, 0.25) is 0 Å². The summed E-state index contributed by atoms with van der Waals surface area (Å²) in [4.78, 5) is 7.23. The van der Waals surface area contributed by atoms with Crippen LogP contribution in [-0.2, 0) is 5.41 Å². The van der Waals surface area contributed by atoms with Crippen molar-refractivity contribution >= 4 is 38.9 Å².